The quantitative estimate of drug-likeness (QED) is 0.588. The van der Waals surface area contributed by atoms with E-state index in [1.54, 1.807) is 25.3 Å². The summed E-state index contributed by atoms with van der Waals surface area (Å²) in [5, 5.41) is 4.81. The zero-order valence-electron chi connectivity index (χ0n) is 11.8. The summed E-state index contributed by atoms with van der Waals surface area (Å²) < 4.78 is 6.07. The molecule has 1 aromatic heterocycles. The number of fused-ring (bicyclic) bond motifs is 1. The molecule has 0 aliphatic carbocycles. The highest BCUT2D eigenvalue weighted by molar-refractivity contribution is 7.21. The van der Waals surface area contributed by atoms with Gasteiger partial charge in [-0.25, -0.2) is 0 Å². The summed E-state index contributed by atoms with van der Waals surface area (Å²) in [6, 6.07) is 10.4. The van der Waals surface area contributed by atoms with E-state index in [4.69, 9.17) is 39.5 Å². The number of amides is 1. The van der Waals surface area contributed by atoms with E-state index < -0.39 is 0 Å². The van der Waals surface area contributed by atoms with Gasteiger partial charge in [0.25, 0.3) is 5.91 Å². The molecule has 0 spiro atoms. The Kier molecular flexibility index (Phi) is 4.69. The molecule has 7 heteroatoms. The fourth-order valence-corrected chi connectivity index (χ4v) is 3.82. The molecular formula is C16H10Cl3NO2S. The first-order valence-electron chi connectivity index (χ1n) is 6.52. The molecule has 0 fully saturated rings. The van der Waals surface area contributed by atoms with Crippen molar-refractivity contribution in [1.82, 2.24) is 0 Å². The van der Waals surface area contributed by atoms with E-state index >= 15 is 0 Å². The van der Waals surface area contributed by atoms with E-state index in [1.165, 1.54) is 11.3 Å². The summed E-state index contributed by atoms with van der Waals surface area (Å²) in [5.41, 5.74) is 0.551. The number of methoxy groups -OCH3 is 1. The molecule has 0 aliphatic heterocycles. The number of thiophene rings is 1. The minimum atomic E-state index is -0.298. The van der Waals surface area contributed by atoms with Crippen molar-refractivity contribution in [2.45, 2.75) is 0 Å². The smallest absolute Gasteiger partial charge is 0.267 e. The molecule has 1 amide bonds. The molecule has 3 rings (SSSR count). The standard InChI is InChI=1S/C16H10Cl3NO2S/c1-22-9-3-4-10-13(7-9)23-15(14(10)19)16(21)20-8-2-5-11(17)12(18)6-8/h2-7H,1H3,(H,20,21). The lowest BCUT2D eigenvalue weighted by Crippen LogP contribution is -2.10. The second kappa shape index (κ2) is 6.57. The predicted octanol–water partition coefficient (Wildman–Crippen LogP) is 6.12. The molecular weight excluding hydrogens is 377 g/mol. The number of rotatable bonds is 3. The Morgan fingerprint density at radius 2 is 1.87 bits per heavy atom. The molecule has 0 saturated carbocycles. The third-order valence-corrected chi connectivity index (χ3v) is 5.62. The summed E-state index contributed by atoms with van der Waals surface area (Å²) in [4.78, 5) is 12.9. The molecule has 0 saturated heterocycles. The normalized spacial score (nSPS) is 10.8. The molecule has 23 heavy (non-hydrogen) atoms. The minimum absolute atomic E-state index is 0.298. The van der Waals surface area contributed by atoms with E-state index in [2.05, 4.69) is 5.32 Å². The first kappa shape index (κ1) is 16.4. The Morgan fingerprint density at radius 1 is 1.09 bits per heavy atom. The lowest BCUT2D eigenvalue weighted by molar-refractivity contribution is 0.103. The van der Waals surface area contributed by atoms with Crippen LogP contribution in [-0.4, -0.2) is 13.0 Å². The third kappa shape index (κ3) is 3.26. The number of halogens is 3. The van der Waals surface area contributed by atoms with Gasteiger partial charge < -0.3 is 10.1 Å². The minimum Gasteiger partial charge on any atom is -0.497 e. The topological polar surface area (TPSA) is 38.3 Å². The Bertz CT molecular complexity index is 908. The Labute approximate surface area is 151 Å². The summed E-state index contributed by atoms with van der Waals surface area (Å²) >= 11 is 19.5. The highest BCUT2D eigenvalue weighted by atomic mass is 35.5. The number of carbonyl (C=O) groups is 1. The van der Waals surface area contributed by atoms with Gasteiger partial charge in [-0.2, -0.15) is 0 Å². The number of carbonyl (C=O) groups excluding carboxylic acids is 1. The molecule has 0 atom stereocenters. The summed E-state index contributed by atoms with van der Waals surface area (Å²) in [5.74, 6) is 0.417. The number of ether oxygens (including phenoxy) is 1. The van der Waals surface area contributed by atoms with Gasteiger partial charge in [0, 0.05) is 15.8 Å². The van der Waals surface area contributed by atoms with E-state index in [9.17, 15) is 4.79 Å². The van der Waals surface area contributed by atoms with Gasteiger partial charge in [-0.1, -0.05) is 34.8 Å². The molecule has 0 aliphatic rings. The highest BCUT2D eigenvalue weighted by Crippen LogP contribution is 2.37. The van der Waals surface area contributed by atoms with Crippen molar-refractivity contribution < 1.29 is 9.53 Å². The van der Waals surface area contributed by atoms with Crippen LogP contribution in [0.4, 0.5) is 5.69 Å². The number of nitrogens with one attached hydrogen (secondary N) is 1. The van der Waals surface area contributed by atoms with E-state index in [1.807, 2.05) is 18.2 Å². The maximum absolute atomic E-state index is 12.5. The fourth-order valence-electron chi connectivity index (χ4n) is 2.08. The van der Waals surface area contributed by atoms with Crippen LogP contribution in [0.3, 0.4) is 0 Å². The molecule has 0 unspecified atom stereocenters. The third-order valence-electron chi connectivity index (χ3n) is 3.22. The lowest BCUT2D eigenvalue weighted by Gasteiger charge is -2.05. The van der Waals surface area contributed by atoms with Gasteiger partial charge >= 0.3 is 0 Å². The van der Waals surface area contributed by atoms with Gasteiger partial charge in [-0.15, -0.1) is 11.3 Å². The van der Waals surface area contributed by atoms with Gasteiger partial charge in [-0.3, -0.25) is 4.79 Å². The molecule has 1 heterocycles. The number of hydrogen-bond acceptors (Lipinski definition) is 3. The zero-order valence-corrected chi connectivity index (χ0v) is 14.9. The van der Waals surface area contributed by atoms with Crippen LogP contribution in [0.25, 0.3) is 10.1 Å². The van der Waals surface area contributed by atoms with Crippen LogP contribution >= 0.6 is 46.1 Å². The highest BCUT2D eigenvalue weighted by Gasteiger charge is 2.18. The molecule has 3 nitrogen and oxygen atoms in total. The lowest BCUT2D eigenvalue weighted by atomic mass is 10.2. The molecule has 0 bridgehead atoms. The zero-order chi connectivity index (χ0) is 16.6. The van der Waals surface area contributed by atoms with Crippen LogP contribution in [0, 0.1) is 0 Å². The SMILES string of the molecule is COc1ccc2c(Cl)c(C(=O)Nc3ccc(Cl)c(Cl)c3)sc2c1. The Morgan fingerprint density at radius 3 is 2.57 bits per heavy atom. The van der Waals surface area contributed by atoms with Crippen LogP contribution < -0.4 is 10.1 Å². The van der Waals surface area contributed by atoms with E-state index in [0.29, 0.717) is 31.4 Å². The van der Waals surface area contributed by atoms with Gasteiger partial charge in [0.1, 0.15) is 10.6 Å². The van der Waals surface area contributed by atoms with Gasteiger partial charge in [0.05, 0.1) is 22.2 Å². The van der Waals surface area contributed by atoms with Crippen LogP contribution in [0.15, 0.2) is 36.4 Å². The fraction of sp³-hybridized carbons (Fsp3) is 0.0625. The van der Waals surface area contributed by atoms with Crippen LogP contribution in [0.5, 0.6) is 5.75 Å². The molecule has 0 radical (unpaired) electrons. The van der Waals surface area contributed by atoms with Crippen molar-refractivity contribution in [3.63, 3.8) is 0 Å². The van der Waals surface area contributed by atoms with E-state index in [-0.39, 0.29) is 5.91 Å². The molecule has 3 aromatic rings. The van der Waals surface area contributed by atoms with Crippen molar-refractivity contribution in [3.05, 3.63) is 56.3 Å². The van der Waals surface area contributed by atoms with Crippen LogP contribution in [0.1, 0.15) is 9.67 Å². The average Bonchev–Trinajstić information content (AvgIpc) is 2.87. The number of hydrogen-bond donors (Lipinski definition) is 1. The Balaban J connectivity index is 1.94. The van der Waals surface area contributed by atoms with Gasteiger partial charge in [-0.05, 0) is 36.4 Å². The molecule has 2 aromatic carbocycles. The summed E-state index contributed by atoms with van der Waals surface area (Å²) in [6.45, 7) is 0. The van der Waals surface area contributed by atoms with Gasteiger partial charge in [0.2, 0.25) is 0 Å². The van der Waals surface area contributed by atoms with Crippen molar-refractivity contribution in [3.8, 4) is 5.75 Å². The molecule has 118 valence electrons. The van der Waals surface area contributed by atoms with Crippen molar-refractivity contribution in [2.75, 3.05) is 12.4 Å². The maximum atomic E-state index is 12.5. The largest absolute Gasteiger partial charge is 0.497 e. The first-order valence-corrected chi connectivity index (χ1v) is 8.47. The van der Waals surface area contributed by atoms with Gasteiger partial charge in [0.15, 0.2) is 0 Å². The summed E-state index contributed by atoms with van der Waals surface area (Å²) in [7, 11) is 1.59. The average molecular weight is 387 g/mol. The van der Waals surface area contributed by atoms with Crippen molar-refractivity contribution in [1.29, 1.82) is 0 Å². The van der Waals surface area contributed by atoms with E-state index in [0.717, 1.165) is 10.1 Å². The monoisotopic (exact) mass is 385 g/mol. The second-order valence-corrected chi connectivity index (χ2v) is 6.93. The van der Waals surface area contributed by atoms with Crippen LogP contribution in [-0.2, 0) is 0 Å². The molecule has 1 N–H and O–H groups in total. The predicted molar refractivity (Wildman–Crippen MR) is 97.8 cm³/mol. The summed E-state index contributed by atoms with van der Waals surface area (Å²) in [6.07, 6.45) is 0. The van der Waals surface area contributed by atoms with Crippen LogP contribution in [0.2, 0.25) is 15.1 Å². The number of anilines is 1. The maximum Gasteiger partial charge on any atom is 0.267 e. The van der Waals surface area contributed by atoms with Crippen molar-refractivity contribution >= 4 is 67.8 Å². The number of benzene rings is 2. The first-order chi connectivity index (χ1) is 11.0. The second-order valence-electron chi connectivity index (χ2n) is 4.69. The Hall–Kier alpha value is -1.46. The van der Waals surface area contributed by atoms with Crippen molar-refractivity contribution in [2.24, 2.45) is 0 Å².